The number of nitriles is 1. The monoisotopic (exact) mass is 259 g/mol. The maximum atomic E-state index is 9.20. The number of benzene rings is 1. The summed E-state index contributed by atoms with van der Waals surface area (Å²) in [5, 5.41) is 17.9. The molecule has 0 radical (unpaired) electrons. The average molecular weight is 259 g/mol. The summed E-state index contributed by atoms with van der Waals surface area (Å²) in [7, 11) is 0. The zero-order valence-electron chi connectivity index (χ0n) is 5.93. The lowest BCUT2D eigenvalue weighted by atomic mass is 10.1. The Bertz CT molecular complexity index is 328. The van der Waals surface area contributed by atoms with Crippen molar-refractivity contribution in [3.63, 3.8) is 0 Å². The smallest absolute Gasteiger partial charge is 0.130 e. The van der Waals surface area contributed by atoms with Crippen LogP contribution in [-0.2, 0) is 0 Å². The quantitative estimate of drug-likeness (QED) is 0.725. The van der Waals surface area contributed by atoms with Crippen LogP contribution in [0.2, 0.25) is 0 Å². The Balaban J connectivity index is 3.44. The Morgan fingerprint density at radius 1 is 1.55 bits per heavy atom. The van der Waals surface area contributed by atoms with Gasteiger partial charge in [0.05, 0.1) is 9.13 Å². The van der Waals surface area contributed by atoms with E-state index in [0.717, 1.165) is 5.56 Å². The fourth-order valence-corrected chi connectivity index (χ4v) is 1.52. The van der Waals surface area contributed by atoms with Crippen molar-refractivity contribution in [1.29, 1.82) is 5.26 Å². The van der Waals surface area contributed by atoms with Crippen molar-refractivity contribution in [3.05, 3.63) is 26.8 Å². The van der Waals surface area contributed by atoms with E-state index >= 15 is 0 Å². The van der Waals surface area contributed by atoms with Crippen molar-refractivity contribution < 1.29 is 5.11 Å². The van der Waals surface area contributed by atoms with Gasteiger partial charge in [0.25, 0.3) is 0 Å². The SMILES string of the molecule is Cc1ccc(O)c(I)c1C#N. The van der Waals surface area contributed by atoms with Crippen molar-refractivity contribution >= 4 is 22.6 Å². The Kier molecular flexibility index (Phi) is 2.35. The fourth-order valence-electron chi connectivity index (χ4n) is 0.799. The summed E-state index contributed by atoms with van der Waals surface area (Å²) in [6.45, 7) is 1.85. The molecule has 0 aliphatic carbocycles. The molecular weight excluding hydrogens is 253 g/mol. The molecule has 3 heteroatoms. The molecule has 0 aliphatic heterocycles. The first-order chi connectivity index (χ1) is 5.16. The van der Waals surface area contributed by atoms with E-state index in [1.165, 1.54) is 0 Å². The Morgan fingerprint density at radius 2 is 2.18 bits per heavy atom. The maximum Gasteiger partial charge on any atom is 0.130 e. The maximum absolute atomic E-state index is 9.20. The lowest BCUT2D eigenvalue weighted by Gasteiger charge is -2.01. The molecule has 0 amide bonds. The topological polar surface area (TPSA) is 44.0 Å². The highest BCUT2D eigenvalue weighted by Gasteiger charge is 2.05. The first kappa shape index (κ1) is 8.34. The van der Waals surface area contributed by atoms with Gasteiger partial charge in [0.2, 0.25) is 0 Å². The third-order valence-electron chi connectivity index (χ3n) is 1.44. The van der Waals surface area contributed by atoms with Crippen LogP contribution >= 0.6 is 22.6 Å². The number of aryl methyl sites for hydroxylation is 1. The molecule has 1 N–H and O–H groups in total. The van der Waals surface area contributed by atoms with E-state index in [-0.39, 0.29) is 5.75 Å². The number of phenols is 1. The summed E-state index contributed by atoms with van der Waals surface area (Å²) in [5.41, 5.74) is 1.46. The van der Waals surface area contributed by atoms with Crippen molar-refractivity contribution in [3.8, 4) is 11.8 Å². The van der Waals surface area contributed by atoms with Crippen LogP contribution in [0, 0.1) is 21.8 Å². The standard InChI is InChI=1S/C8H6INO/c1-5-2-3-7(11)8(9)6(5)4-10/h2-3,11H,1H3. The van der Waals surface area contributed by atoms with Gasteiger partial charge < -0.3 is 5.11 Å². The third kappa shape index (κ3) is 1.46. The van der Waals surface area contributed by atoms with Gasteiger partial charge in [-0.1, -0.05) is 6.07 Å². The van der Waals surface area contributed by atoms with Gasteiger partial charge >= 0.3 is 0 Å². The second-order valence-electron chi connectivity index (χ2n) is 2.20. The molecular formula is C8H6INO. The van der Waals surface area contributed by atoms with Gasteiger partial charge in [-0.2, -0.15) is 5.26 Å². The number of phenolic OH excluding ortho intramolecular Hbond substituents is 1. The predicted octanol–water partition coefficient (Wildman–Crippen LogP) is 2.18. The van der Waals surface area contributed by atoms with Crippen LogP contribution in [0.15, 0.2) is 12.1 Å². The van der Waals surface area contributed by atoms with Gasteiger partial charge in [-0.25, -0.2) is 0 Å². The normalized spacial score (nSPS) is 9.18. The summed E-state index contributed by atoms with van der Waals surface area (Å²) in [6, 6.07) is 5.36. The molecule has 0 aromatic heterocycles. The van der Waals surface area contributed by atoms with Crippen LogP contribution in [0.5, 0.6) is 5.75 Å². The molecule has 11 heavy (non-hydrogen) atoms. The predicted molar refractivity (Wildman–Crippen MR) is 50.3 cm³/mol. The van der Waals surface area contributed by atoms with E-state index in [1.54, 1.807) is 12.1 Å². The Hall–Kier alpha value is -0.760. The van der Waals surface area contributed by atoms with Crippen LogP contribution in [0.4, 0.5) is 0 Å². The molecule has 56 valence electrons. The van der Waals surface area contributed by atoms with Gasteiger partial charge in [0.15, 0.2) is 0 Å². The Morgan fingerprint density at radius 3 is 2.64 bits per heavy atom. The fraction of sp³-hybridized carbons (Fsp3) is 0.125. The summed E-state index contributed by atoms with van der Waals surface area (Å²) >= 11 is 1.96. The molecule has 0 spiro atoms. The molecule has 0 saturated carbocycles. The summed E-state index contributed by atoms with van der Waals surface area (Å²) in [4.78, 5) is 0. The number of aromatic hydroxyl groups is 1. The molecule has 0 saturated heterocycles. The highest BCUT2D eigenvalue weighted by atomic mass is 127. The minimum Gasteiger partial charge on any atom is -0.507 e. The van der Waals surface area contributed by atoms with Gasteiger partial charge in [0, 0.05) is 0 Å². The van der Waals surface area contributed by atoms with Crippen LogP contribution in [0.1, 0.15) is 11.1 Å². The van der Waals surface area contributed by atoms with Gasteiger partial charge in [-0.15, -0.1) is 0 Å². The number of rotatable bonds is 0. The molecule has 1 aromatic carbocycles. The third-order valence-corrected chi connectivity index (χ3v) is 2.53. The van der Waals surface area contributed by atoms with Crippen molar-refractivity contribution in [2.45, 2.75) is 6.92 Å². The summed E-state index contributed by atoms with van der Waals surface area (Å²) in [6.07, 6.45) is 0. The van der Waals surface area contributed by atoms with E-state index < -0.39 is 0 Å². The molecule has 0 aliphatic rings. The van der Waals surface area contributed by atoms with Gasteiger partial charge in [-0.05, 0) is 41.1 Å². The molecule has 0 fully saturated rings. The molecule has 1 rings (SSSR count). The Labute approximate surface area is 78.6 Å². The van der Waals surface area contributed by atoms with E-state index in [0.29, 0.717) is 9.13 Å². The highest BCUT2D eigenvalue weighted by Crippen LogP contribution is 2.24. The second kappa shape index (κ2) is 3.09. The van der Waals surface area contributed by atoms with Crippen LogP contribution in [0.25, 0.3) is 0 Å². The minimum atomic E-state index is 0.174. The average Bonchev–Trinajstić information content (AvgIpc) is 1.99. The van der Waals surface area contributed by atoms with E-state index in [1.807, 2.05) is 35.6 Å². The van der Waals surface area contributed by atoms with E-state index in [4.69, 9.17) is 5.26 Å². The van der Waals surface area contributed by atoms with E-state index in [2.05, 4.69) is 0 Å². The van der Waals surface area contributed by atoms with Gasteiger partial charge in [0.1, 0.15) is 11.8 Å². The number of nitrogens with zero attached hydrogens (tertiary/aromatic N) is 1. The molecule has 0 unspecified atom stereocenters. The molecule has 0 heterocycles. The second-order valence-corrected chi connectivity index (χ2v) is 3.28. The van der Waals surface area contributed by atoms with Crippen molar-refractivity contribution in [1.82, 2.24) is 0 Å². The lowest BCUT2D eigenvalue weighted by molar-refractivity contribution is 0.471. The minimum absolute atomic E-state index is 0.174. The zero-order chi connectivity index (χ0) is 8.43. The zero-order valence-corrected chi connectivity index (χ0v) is 8.08. The first-order valence-electron chi connectivity index (χ1n) is 3.05. The number of hydrogen-bond acceptors (Lipinski definition) is 2. The molecule has 2 nitrogen and oxygen atoms in total. The summed E-state index contributed by atoms with van der Waals surface area (Å²) < 4.78 is 0.630. The molecule has 0 bridgehead atoms. The molecule has 1 aromatic rings. The number of halogens is 1. The highest BCUT2D eigenvalue weighted by molar-refractivity contribution is 14.1. The summed E-state index contributed by atoms with van der Waals surface area (Å²) in [5.74, 6) is 0.174. The largest absolute Gasteiger partial charge is 0.507 e. The van der Waals surface area contributed by atoms with Gasteiger partial charge in [-0.3, -0.25) is 0 Å². The van der Waals surface area contributed by atoms with Crippen molar-refractivity contribution in [2.24, 2.45) is 0 Å². The lowest BCUT2D eigenvalue weighted by Crippen LogP contribution is -1.86. The molecule has 0 atom stereocenters. The van der Waals surface area contributed by atoms with Crippen LogP contribution in [-0.4, -0.2) is 5.11 Å². The van der Waals surface area contributed by atoms with Crippen molar-refractivity contribution in [2.75, 3.05) is 0 Å². The van der Waals surface area contributed by atoms with Crippen LogP contribution in [0.3, 0.4) is 0 Å². The first-order valence-corrected chi connectivity index (χ1v) is 4.13. The number of hydrogen-bond donors (Lipinski definition) is 1. The van der Waals surface area contributed by atoms with Crippen LogP contribution < -0.4 is 0 Å². The van der Waals surface area contributed by atoms with E-state index in [9.17, 15) is 5.11 Å².